The number of hydrogen-bond acceptors (Lipinski definition) is 3. The van der Waals surface area contributed by atoms with Gasteiger partial charge in [0.05, 0.1) is 10.6 Å². The molecule has 1 aliphatic heterocycles. The van der Waals surface area contributed by atoms with Crippen LogP contribution in [0.4, 0.5) is 5.69 Å². The standard InChI is InChI=1S/C28H28N2O2S/c1-19-9-7-8-12-22(19)18-26-28(32)30(3)24-17-23(15-16-25(24)33-26)27(31)29-20(2)13-14-21-10-5-4-6-11-21/h4-12,15-18,20H,13-14H2,1-3H3,(H,29,31). The number of aryl methyl sites for hydroxylation is 2. The molecule has 0 bridgehead atoms. The second kappa shape index (κ2) is 10.1. The average molecular weight is 457 g/mol. The minimum absolute atomic E-state index is 0.0473. The molecule has 0 saturated heterocycles. The van der Waals surface area contributed by atoms with Crippen LogP contribution in [0.1, 0.15) is 40.4 Å². The molecule has 33 heavy (non-hydrogen) atoms. The number of nitrogens with zero attached hydrogens (tertiary/aromatic N) is 1. The molecule has 0 fully saturated rings. The third-order valence-corrected chi connectivity index (χ3v) is 6.96. The normalized spacial score (nSPS) is 15.3. The lowest BCUT2D eigenvalue weighted by Gasteiger charge is -2.27. The molecule has 0 aromatic heterocycles. The van der Waals surface area contributed by atoms with Gasteiger partial charge in [0.25, 0.3) is 11.8 Å². The average Bonchev–Trinajstić information content (AvgIpc) is 2.83. The minimum Gasteiger partial charge on any atom is -0.350 e. The SMILES string of the molecule is Cc1ccccc1C=C1Sc2ccc(C(=O)NC(C)CCc3ccccc3)cc2N(C)C1=O. The number of thioether (sulfide) groups is 1. The Kier molecular flexibility index (Phi) is 6.99. The fourth-order valence-electron chi connectivity index (χ4n) is 3.83. The summed E-state index contributed by atoms with van der Waals surface area (Å²) in [6, 6.07) is 23.9. The number of fused-ring (bicyclic) bond motifs is 1. The van der Waals surface area contributed by atoms with Crippen molar-refractivity contribution in [3.8, 4) is 0 Å². The second-order valence-corrected chi connectivity index (χ2v) is 9.50. The highest BCUT2D eigenvalue weighted by molar-refractivity contribution is 8.04. The predicted molar refractivity (Wildman–Crippen MR) is 137 cm³/mol. The molecule has 0 radical (unpaired) electrons. The van der Waals surface area contributed by atoms with Crippen molar-refractivity contribution in [2.45, 2.75) is 37.6 Å². The van der Waals surface area contributed by atoms with Crippen LogP contribution in [0.15, 0.2) is 82.6 Å². The summed E-state index contributed by atoms with van der Waals surface area (Å²) in [6.07, 6.45) is 3.72. The van der Waals surface area contributed by atoms with Crippen LogP contribution in [0, 0.1) is 6.92 Å². The highest BCUT2D eigenvalue weighted by Gasteiger charge is 2.27. The van der Waals surface area contributed by atoms with Crippen molar-refractivity contribution in [1.82, 2.24) is 5.32 Å². The van der Waals surface area contributed by atoms with E-state index in [1.165, 1.54) is 17.3 Å². The summed E-state index contributed by atoms with van der Waals surface area (Å²) in [7, 11) is 1.76. The van der Waals surface area contributed by atoms with Crippen molar-refractivity contribution in [2.24, 2.45) is 0 Å². The van der Waals surface area contributed by atoms with Crippen LogP contribution >= 0.6 is 11.8 Å². The summed E-state index contributed by atoms with van der Waals surface area (Å²) in [6.45, 7) is 4.06. The van der Waals surface area contributed by atoms with Crippen LogP contribution in [0.25, 0.3) is 6.08 Å². The topological polar surface area (TPSA) is 49.4 Å². The Labute approximate surface area is 199 Å². The van der Waals surface area contributed by atoms with Crippen LogP contribution in [-0.4, -0.2) is 24.9 Å². The Balaban J connectivity index is 1.46. The van der Waals surface area contributed by atoms with Gasteiger partial charge in [-0.15, -0.1) is 0 Å². The third kappa shape index (κ3) is 5.37. The smallest absolute Gasteiger partial charge is 0.264 e. The molecule has 1 heterocycles. The van der Waals surface area contributed by atoms with Crippen molar-refractivity contribution in [3.05, 3.63) is 100.0 Å². The highest BCUT2D eigenvalue weighted by atomic mass is 32.2. The van der Waals surface area contributed by atoms with E-state index in [4.69, 9.17) is 0 Å². The first-order chi connectivity index (χ1) is 15.9. The largest absolute Gasteiger partial charge is 0.350 e. The van der Waals surface area contributed by atoms with E-state index in [1.807, 2.05) is 80.6 Å². The van der Waals surface area contributed by atoms with Gasteiger partial charge in [0.2, 0.25) is 0 Å². The lowest BCUT2D eigenvalue weighted by molar-refractivity contribution is -0.114. The fraction of sp³-hybridized carbons (Fsp3) is 0.214. The van der Waals surface area contributed by atoms with Crippen LogP contribution in [0.2, 0.25) is 0 Å². The molecule has 3 aromatic rings. The van der Waals surface area contributed by atoms with Gasteiger partial charge in [0, 0.05) is 23.5 Å². The molecule has 5 heteroatoms. The van der Waals surface area contributed by atoms with Crippen molar-refractivity contribution < 1.29 is 9.59 Å². The lowest BCUT2D eigenvalue weighted by Crippen LogP contribution is -2.34. The quantitative estimate of drug-likeness (QED) is 0.473. The van der Waals surface area contributed by atoms with Gasteiger partial charge >= 0.3 is 0 Å². The molecule has 4 nitrogen and oxygen atoms in total. The summed E-state index contributed by atoms with van der Waals surface area (Å²) < 4.78 is 0. The molecule has 0 saturated carbocycles. The maximum atomic E-state index is 13.0. The van der Waals surface area contributed by atoms with Gasteiger partial charge < -0.3 is 10.2 Å². The fourth-order valence-corrected chi connectivity index (χ4v) is 4.92. The minimum atomic E-state index is -0.120. The molecule has 2 amide bonds. The van der Waals surface area contributed by atoms with Crippen molar-refractivity contribution in [1.29, 1.82) is 0 Å². The molecule has 1 unspecified atom stereocenters. The number of hydrogen-bond donors (Lipinski definition) is 1. The van der Waals surface area contributed by atoms with Gasteiger partial charge in [-0.05, 0) is 67.7 Å². The highest BCUT2D eigenvalue weighted by Crippen LogP contribution is 2.42. The number of likely N-dealkylation sites (N-methyl/N-ethyl adjacent to an activating group) is 1. The Bertz CT molecular complexity index is 1200. The zero-order chi connectivity index (χ0) is 23.4. The zero-order valence-corrected chi connectivity index (χ0v) is 20.0. The number of anilines is 1. The van der Waals surface area contributed by atoms with E-state index in [-0.39, 0.29) is 17.9 Å². The van der Waals surface area contributed by atoms with Crippen molar-refractivity contribution in [2.75, 3.05) is 11.9 Å². The molecule has 4 rings (SSSR count). The molecule has 168 valence electrons. The molecule has 0 aliphatic carbocycles. The first-order valence-corrected chi connectivity index (χ1v) is 12.0. The van der Waals surface area contributed by atoms with E-state index in [1.54, 1.807) is 11.9 Å². The van der Waals surface area contributed by atoms with E-state index in [0.717, 1.165) is 34.6 Å². The molecule has 0 spiro atoms. The Morgan fingerprint density at radius 1 is 1.06 bits per heavy atom. The molecule has 1 aliphatic rings. The second-order valence-electron chi connectivity index (χ2n) is 8.41. The number of carbonyl (C=O) groups excluding carboxylic acids is 2. The van der Waals surface area contributed by atoms with Crippen LogP contribution in [0.5, 0.6) is 0 Å². The summed E-state index contributed by atoms with van der Waals surface area (Å²) in [5.74, 6) is -0.185. The number of rotatable bonds is 6. The number of carbonyl (C=O) groups is 2. The van der Waals surface area contributed by atoms with Gasteiger partial charge in [0.1, 0.15) is 0 Å². The summed E-state index contributed by atoms with van der Waals surface area (Å²) >= 11 is 1.45. The van der Waals surface area contributed by atoms with Crippen LogP contribution < -0.4 is 10.2 Å². The van der Waals surface area contributed by atoms with E-state index >= 15 is 0 Å². The molecular formula is C28H28N2O2S. The number of benzene rings is 3. The Morgan fingerprint density at radius 2 is 1.79 bits per heavy atom. The van der Waals surface area contributed by atoms with Crippen molar-refractivity contribution >= 4 is 35.3 Å². The number of amides is 2. The van der Waals surface area contributed by atoms with E-state index in [9.17, 15) is 9.59 Å². The van der Waals surface area contributed by atoms with Crippen LogP contribution in [-0.2, 0) is 11.2 Å². The molecular weight excluding hydrogens is 428 g/mol. The third-order valence-electron chi connectivity index (χ3n) is 5.88. The Hall–Kier alpha value is -3.31. The van der Waals surface area contributed by atoms with Crippen molar-refractivity contribution in [3.63, 3.8) is 0 Å². The first-order valence-electron chi connectivity index (χ1n) is 11.1. The van der Waals surface area contributed by atoms with E-state index in [2.05, 4.69) is 17.4 Å². The summed E-state index contributed by atoms with van der Waals surface area (Å²) in [4.78, 5) is 29.1. The predicted octanol–water partition coefficient (Wildman–Crippen LogP) is 5.86. The zero-order valence-electron chi connectivity index (χ0n) is 19.2. The molecule has 1 atom stereocenters. The van der Waals surface area contributed by atoms with Gasteiger partial charge in [-0.2, -0.15) is 0 Å². The van der Waals surface area contributed by atoms with Gasteiger partial charge in [0.15, 0.2) is 0 Å². The summed E-state index contributed by atoms with van der Waals surface area (Å²) in [5.41, 5.74) is 4.74. The van der Waals surface area contributed by atoms with Crippen LogP contribution in [0.3, 0.4) is 0 Å². The Morgan fingerprint density at radius 3 is 2.55 bits per heavy atom. The maximum Gasteiger partial charge on any atom is 0.264 e. The first kappa shape index (κ1) is 22.9. The van der Waals surface area contributed by atoms with Gasteiger partial charge in [-0.25, -0.2) is 0 Å². The molecule has 1 N–H and O–H groups in total. The van der Waals surface area contributed by atoms with E-state index < -0.39 is 0 Å². The molecule has 3 aromatic carbocycles. The van der Waals surface area contributed by atoms with E-state index in [0.29, 0.717) is 10.5 Å². The lowest BCUT2D eigenvalue weighted by atomic mass is 10.1. The summed E-state index contributed by atoms with van der Waals surface area (Å²) in [5, 5.41) is 3.09. The monoisotopic (exact) mass is 456 g/mol. The number of nitrogens with one attached hydrogen (secondary N) is 1. The maximum absolute atomic E-state index is 13.0. The van der Waals surface area contributed by atoms with Gasteiger partial charge in [-0.1, -0.05) is 66.4 Å². The van der Waals surface area contributed by atoms with Gasteiger partial charge in [-0.3, -0.25) is 9.59 Å².